The number of halogens is 1. The van der Waals surface area contributed by atoms with E-state index in [0.717, 1.165) is 17.4 Å². The molecule has 3 nitrogen and oxygen atoms in total. The van der Waals surface area contributed by atoms with Gasteiger partial charge in [-0.3, -0.25) is 0 Å². The second-order valence-corrected chi connectivity index (χ2v) is 9.52. The lowest BCUT2D eigenvalue weighted by atomic mass is 10.00. The van der Waals surface area contributed by atoms with Crippen molar-refractivity contribution in [3.8, 4) is 11.1 Å². The van der Waals surface area contributed by atoms with Crippen LogP contribution < -0.4 is 0 Å². The van der Waals surface area contributed by atoms with E-state index in [1.165, 1.54) is 0 Å². The van der Waals surface area contributed by atoms with E-state index in [9.17, 15) is 13.5 Å². The second-order valence-electron chi connectivity index (χ2n) is 5.30. The highest BCUT2D eigenvalue weighted by atomic mass is 79.9. The third kappa shape index (κ3) is 3.26. The summed E-state index contributed by atoms with van der Waals surface area (Å²) in [6, 6.07) is 17.2. The number of sulfone groups is 1. The molecule has 2 rings (SSSR count). The summed E-state index contributed by atoms with van der Waals surface area (Å²) in [7, 11) is -3.46. The Hall–Kier alpha value is -1.17. The van der Waals surface area contributed by atoms with Crippen molar-refractivity contribution in [2.24, 2.45) is 0 Å². The smallest absolute Gasteiger partial charge is 0.166 e. The number of aliphatic hydroxyl groups is 1. The van der Waals surface area contributed by atoms with E-state index in [4.69, 9.17) is 0 Å². The van der Waals surface area contributed by atoms with E-state index in [1.54, 1.807) is 19.1 Å². The summed E-state index contributed by atoms with van der Waals surface area (Å²) in [5.41, 5.74) is 2.67. The van der Waals surface area contributed by atoms with Gasteiger partial charge in [-0.05, 0) is 23.1 Å². The summed E-state index contributed by atoms with van der Waals surface area (Å²) in [5.74, 6) is 0. The lowest BCUT2D eigenvalue weighted by Crippen LogP contribution is -2.37. The first-order chi connectivity index (χ1) is 10.3. The Balaban J connectivity index is 2.35. The van der Waals surface area contributed by atoms with Gasteiger partial charge >= 0.3 is 0 Å². The van der Waals surface area contributed by atoms with Crippen molar-refractivity contribution in [1.82, 2.24) is 0 Å². The highest BCUT2D eigenvalue weighted by Gasteiger charge is 2.44. The predicted molar refractivity (Wildman–Crippen MR) is 93.6 cm³/mol. The Morgan fingerprint density at radius 3 is 2.00 bits per heavy atom. The molecule has 0 unspecified atom stereocenters. The fraction of sp³-hybridized carbons (Fsp3) is 0.294. The van der Waals surface area contributed by atoms with E-state index in [0.29, 0.717) is 5.56 Å². The number of hydrogen-bond donors (Lipinski definition) is 1. The lowest BCUT2D eigenvalue weighted by molar-refractivity contribution is 0.160. The van der Waals surface area contributed by atoms with Gasteiger partial charge in [0, 0.05) is 6.26 Å². The molecule has 0 heterocycles. The summed E-state index contributed by atoms with van der Waals surface area (Å²) in [5, 5.41) is 10.5. The molecule has 2 atom stereocenters. The molecule has 0 saturated carbocycles. The molecular weight excluding hydrogens is 364 g/mol. The van der Waals surface area contributed by atoms with Crippen LogP contribution in [-0.2, 0) is 9.84 Å². The summed E-state index contributed by atoms with van der Waals surface area (Å²) in [6.45, 7) is 1.73. The van der Waals surface area contributed by atoms with Gasteiger partial charge in [0.1, 0.15) is 6.10 Å². The third-order valence-corrected chi connectivity index (χ3v) is 8.34. The molecule has 0 spiro atoms. The minimum atomic E-state index is -3.46. The molecule has 118 valence electrons. The van der Waals surface area contributed by atoms with Crippen LogP contribution in [0.1, 0.15) is 25.0 Å². The third-order valence-electron chi connectivity index (χ3n) is 3.84. The first-order valence-electron chi connectivity index (χ1n) is 7.01. The van der Waals surface area contributed by atoms with Crippen LogP contribution in [0.3, 0.4) is 0 Å². The molecule has 0 radical (unpaired) electrons. The van der Waals surface area contributed by atoms with Crippen LogP contribution in [0, 0.1) is 0 Å². The summed E-state index contributed by atoms with van der Waals surface area (Å²) in [4.78, 5) is 0. The maximum Gasteiger partial charge on any atom is 0.166 e. The maximum atomic E-state index is 12.0. The van der Waals surface area contributed by atoms with Gasteiger partial charge < -0.3 is 5.11 Å². The zero-order chi connectivity index (χ0) is 16.4. The molecule has 2 aromatic carbocycles. The minimum absolute atomic E-state index is 0.271. The fourth-order valence-corrected chi connectivity index (χ4v) is 3.73. The van der Waals surface area contributed by atoms with Crippen LogP contribution in [0.25, 0.3) is 11.1 Å². The van der Waals surface area contributed by atoms with Crippen LogP contribution in [-0.4, -0.2) is 23.4 Å². The number of rotatable bonds is 5. The molecule has 5 heteroatoms. The molecule has 0 fully saturated rings. The van der Waals surface area contributed by atoms with Crippen molar-refractivity contribution in [2.45, 2.75) is 23.1 Å². The normalized spacial score (nSPS) is 16.0. The van der Waals surface area contributed by atoms with Gasteiger partial charge in [0.25, 0.3) is 0 Å². The summed E-state index contributed by atoms with van der Waals surface area (Å²) >= 11 is 3.23. The Kier molecular flexibility index (Phi) is 5.10. The summed E-state index contributed by atoms with van der Waals surface area (Å²) in [6.07, 6.45) is 0.276. The van der Waals surface area contributed by atoms with Crippen LogP contribution in [0.5, 0.6) is 0 Å². The number of alkyl halides is 1. The highest BCUT2D eigenvalue weighted by molar-refractivity contribution is 9.11. The quantitative estimate of drug-likeness (QED) is 0.796. The van der Waals surface area contributed by atoms with Crippen molar-refractivity contribution in [3.63, 3.8) is 0 Å². The van der Waals surface area contributed by atoms with Crippen molar-refractivity contribution in [2.75, 3.05) is 6.26 Å². The molecular formula is C17H19BrO3S. The zero-order valence-electron chi connectivity index (χ0n) is 12.5. The molecule has 0 saturated heterocycles. The predicted octanol–water partition coefficient (Wildman–Crippen LogP) is 3.93. The SMILES string of the molecule is CC[C@@](Br)([C@H](O)c1ccc(-c2ccccc2)cc1)S(C)(=O)=O. The average molecular weight is 383 g/mol. The number of hydrogen-bond acceptors (Lipinski definition) is 3. The fourth-order valence-electron chi connectivity index (χ4n) is 2.40. The lowest BCUT2D eigenvalue weighted by Gasteiger charge is -2.30. The second kappa shape index (κ2) is 6.52. The maximum absolute atomic E-state index is 12.0. The van der Waals surface area contributed by atoms with Crippen LogP contribution >= 0.6 is 15.9 Å². The molecule has 0 aliphatic carbocycles. The summed E-state index contributed by atoms with van der Waals surface area (Å²) < 4.78 is 22.6. The van der Waals surface area contributed by atoms with E-state index < -0.39 is 19.6 Å². The van der Waals surface area contributed by atoms with Crippen LogP contribution in [0.4, 0.5) is 0 Å². The average Bonchev–Trinajstić information content (AvgIpc) is 2.53. The van der Waals surface area contributed by atoms with Crippen LogP contribution in [0.2, 0.25) is 0 Å². The Morgan fingerprint density at radius 2 is 1.55 bits per heavy atom. The van der Waals surface area contributed by atoms with Gasteiger partial charge in [-0.15, -0.1) is 0 Å². The largest absolute Gasteiger partial charge is 0.386 e. The Morgan fingerprint density at radius 1 is 1.05 bits per heavy atom. The van der Waals surface area contributed by atoms with Gasteiger partial charge in [-0.25, -0.2) is 8.42 Å². The molecule has 22 heavy (non-hydrogen) atoms. The monoisotopic (exact) mass is 382 g/mol. The van der Waals surface area contributed by atoms with E-state index in [2.05, 4.69) is 15.9 Å². The van der Waals surface area contributed by atoms with Gasteiger partial charge in [0.05, 0.1) is 0 Å². The van der Waals surface area contributed by atoms with Gasteiger partial charge in [-0.1, -0.05) is 77.5 Å². The zero-order valence-corrected chi connectivity index (χ0v) is 14.9. The van der Waals surface area contributed by atoms with Crippen molar-refractivity contribution in [1.29, 1.82) is 0 Å². The first-order valence-corrected chi connectivity index (χ1v) is 9.70. The molecule has 0 aliphatic heterocycles. The van der Waals surface area contributed by atoms with Gasteiger partial charge in [0.15, 0.2) is 13.5 Å². The van der Waals surface area contributed by atoms with Crippen molar-refractivity contribution in [3.05, 3.63) is 60.2 Å². The molecule has 0 aromatic heterocycles. The molecule has 1 N–H and O–H groups in total. The number of benzene rings is 2. The van der Waals surface area contributed by atoms with Crippen LogP contribution in [0.15, 0.2) is 54.6 Å². The molecule has 0 bridgehead atoms. The first kappa shape index (κ1) is 17.2. The van der Waals surface area contributed by atoms with Gasteiger partial charge in [-0.2, -0.15) is 0 Å². The Bertz CT molecular complexity index is 726. The number of aliphatic hydroxyl groups excluding tert-OH is 1. The highest BCUT2D eigenvalue weighted by Crippen LogP contribution is 2.41. The molecule has 0 aliphatic rings. The van der Waals surface area contributed by atoms with Crippen molar-refractivity contribution < 1.29 is 13.5 Å². The minimum Gasteiger partial charge on any atom is -0.386 e. The van der Waals surface area contributed by atoms with E-state index >= 15 is 0 Å². The van der Waals surface area contributed by atoms with E-state index in [-0.39, 0.29) is 6.42 Å². The molecule has 2 aromatic rings. The van der Waals surface area contributed by atoms with Gasteiger partial charge in [0.2, 0.25) is 0 Å². The van der Waals surface area contributed by atoms with E-state index in [1.807, 2.05) is 42.5 Å². The molecule has 0 amide bonds. The Labute approximate surface area is 140 Å². The van der Waals surface area contributed by atoms with Crippen molar-refractivity contribution >= 4 is 25.8 Å². The standard InChI is InChI=1S/C17H19BrO3S/c1-3-17(18,22(2,20)21)16(19)15-11-9-14(10-12-15)13-7-5-4-6-8-13/h4-12,16,19H,3H2,1-2H3/t16-,17+/m1/s1. The topological polar surface area (TPSA) is 54.4 Å².